The molecule has 0 aliphatic heterocycles. The Bertz CT molecular complexity index is 812. The molecule has 0 aromatic heterocycles. The second kappa shape index (κ2) is 7.27. The number of nitrogens with zero attached hydrogens (tertiary/aromatic N) is 1. The molecule has 26 heavy (non-hydrogen) atoms. The number of nitro groups is 1. The van der Waals surface area contributed by atoms with Gasteiger partial charge in [0, 0.05) is 23.3 Å². The Kier molecular flexibility index (Phi) is 5.06. The van der Waals surface area contributed by atoms with Gasteiger partial charge in [-0.2, -0.15) is 0 Å². The maximum absolute atomic E-state index is 14.3. The molecule has 0 bridgehead atoms. The fourth-order valence-corrected chi connectivity index (χ4v) is 2.95. The summed E-state index contributed by atoms with van der Waals surface area (Å²) in [5, 5.41) is 13.7. The van der Waals surface area contributed by atoms with Gasteiger partial charge < -0.3 is 10.1 Å². The molecule has 1 atom stereocenters. The zero-order chi connectivity index (χ0) is 18.8. The Labute approximate surface area is 150 Å². The molecular weight excluding hydrogens is 339 g/mol. The molecule has 6 nitrogen and oxygen atoms in total. The number of rotatable bonds is 6. The normalized spacial score (nSPS) is 19.8. The highest BCUT2D eigenvalue weighted by atomic mass is 19.1. The zero-order valence-electron chi connectivity index (χ0n) is 14.8. The number of amides is 1. The molecule has 1 aromatic carbocycles. The Morgan fingerprint density at radius 1 is 1.42 bits per heavy atom. The minimum absolute atomic E-state index is 0.0253. The van der Waals surface area contributed by atoms with E-state index in [1.807, 2.05) is 6.92 Å². The van der Waals surface area contributed by atoms with Crippen molar-refractivity contribution in [1.29, 1.82) is 0 Å². The van der Waals surface area contributed by atoms with Crippen molar-refractivity contribution in [2.24, 2.45) is 11.8 Å². The largest absolute Gasteiger partial charge is 0.493 e. The molecule has 1 N–H and O–H groups in total. The van der Waals surface area contributed by atoms with Crippen molar-refractivity contribution in [3.8, 4) is 5.75 Å². The van der Waals surface area contributed by atoms with Crippen LogP contribution in [0.2, 0.25) is 0 Å². The van der Waals surface area contributed by atoms with Gasteiger partial charge in [0.05, 0.1) is 17.1 Å². The van der Waals surface area contributed by atoms with Gasteiger partial charge in [0.15, 0.2) is 0 Å². The summed E-state index contributed by atoms with van der Waals surface area (Å²) in [6, 6.07) is 4.14. The minimum Gasteiger partial charge on any atom is -0.493 e. The topological polar surface area (TPSA) is 81.5 Å². The van der Waals surface area contributed by atoms with Crippen LogP contribution in [0.3, 0.4) is 0 Å². The van der Waals surface area contributed by atoms with Crippen LogP contribution in [0.5, 0.6) is 5.75 Å². The highest BCUT2D eigenvalue weighted by Gasteiger charge is 2.28. The lowest BCUT2D eigenvalue weighted by atomic mass is 9.92. The van der Waals surface area contributed by atoms with E-state index in [0.717, 1.165) is 12.8 Å². The molecule has 1 amide bonds. The van der Waals surface area contributed by atoms with Gasteiger partial charge in [0.1, 0.15) is 11.6 Å². The monoisotopic (exact) mass is 360 g/mol. The molecule has 138 valence electrons. The molecule has 1 aromatic rings. The maximum atomic E-state index is 14.3. The number of ether oxygens (including phenoxy) is 1. The first-order valence-electron chi connectivity index (χ1n) is 8.66. The number of halogens is 1. The first kappa shape index (κ1) is 18.1. The van der Waals surface area contributed by atoms with Gasteiger partial charge in [0.2, 0.25) is 0 Å². The molecule has 7 heteroatoms. The van der Waals surface area contributed by atoms with Crippen LogP contribution in [0, 0.1) is 27.8 Å². The number of hydrogen-bond donors (Lipinski definition) is 1. The number of nitrogens with one attached hydrogen (secondary N) is 1. The molecule has 0 radical (unpaired) electrons. The Morgan fingerprint density at radius 3 is 2.77 bits per heavy atom. The van der Waals surface area contributed by atoms with Crippen LogP contribution < -0.4 is 10.1 Å². The van der Waals surface area contributed by atoms with Gasteiger partial charge in [-0.25, -0.2) is 4.39 Å². The molecule has 1 unspecified atom stereocenters. The second-order valence-electron chi connectivity index (χ2n) is 6.87. The zero-order valence-corrected chi connectivity index (χ0v) is 14.8. The first-order valence-corrected chi connectivity index (χ1v) is 8.66. The lowest BCUT2D eigenvalue weighted by molar-refractivity contribution is -0.421. The molecule has 2 aliphatic carbocycles. The third-order valence-electron chi connectivity index (χ3n) is 4.76. The molecular formula is C19H21FN2O4. The van der Waals surface area contributed by atoms with Gasteiger partial charge in [-0.05, 0) is 50.3 Å². The number of allylic oxidation sites excluding steroid dienone is 3. The lowest BCUT2D eigenvalue weighted by Crippen LogP contribution is -2.30. The summed E-state index contributed by atoms with van der Waals surface area (Å²) in [6.45, 7) is 4.01. The van der Waals surface area contributed by atoms with E-state index in [4.69, 9.17) is 4.74 Å². The Balaban J connectivity index is 1.75. The number of benzene rings is 1. The predicted octanol–water partition coefficient (Wildman–Crippen LogP) is 3.82. The van der Waals surface area contributed by atoms with E-state index >= 15 is 0 Å². The lowest BCUT2D eigenvalue weighted by Gasteiger charge is -2.22. The fraction of sp³-hybridized carbons (Fsp3) is 0.421. The third-order valence-corrected chi connectivity index (χ3v) is 4.76. The number of carbonyl (C=O) groups excluding carboxylic acids is 1. The van der Waals surface area contributed by atoms with Gasteiger partial charge in [0.25, 0.3) is 11.6 Å². The molecule has 1 saturated carbocycles. The van der Waals surface area contributed by atoms with Crippen LogP contribution >= 0.6 is 0 Å². The fourth-order valence-electron chi connectivity index (χ4n) is 2.95. The van der Waals surface area contributed by atoms with E-state index < -0.39 is 16.6 Å². The number of carbonyl (C=O) groups is 1. The van der Waals surface area contributed by atoms with Crippen LogP contribution in [0.4, 0.5) is 4.39 Å². The molecule has 0 saturated heterocycles. The number of hydrogen-bond acceptors (Lipinski definition) is 4. The van der Waals surface area contributed by atoms with E-state index in [1.54, 1.807) is 19.1 Å². The van der Waals surface area contributed by atoms with Crippen molar-refractivity contribution >= 4 is 5.91 Å². The molecule has 1 fully saturated rings. The van der Waals surface area contributed by atoms with Crippen molar-refractivity contribution in [3.63, 3.8) is 0 Å². The summed E-state index contributed by atoms with van der Waals surface area (Å²) in [7, 11) is 0. The summed E-state index contributed by atoms with van der Waals surface area (Å²) in [5.74, 6) is -0.449. The highest BCUT2D eigenvalue weighted by molar-refractivity contribution is 5.95. The average Bonchev–Trinajstić information content (AvgIpc) is 3.40. The molecule has 3 rings (SSSR count). The average molecular weight is 360 g/mol. The van der Waals surface area contributed by atoms with Gasteiger partial charge in [-0.3, -0.25) is 14.9 Å². The van der Waals surface area contributed by atoms with E-state index in [-0.39, 0.29) is 17.2 Å². The molecule has 2 aliphatic rings. The van der Waals surface area contributed by atoms with Gasteiger partial charge >= 0.3 is 0 Å². The van der Waals surface area contributed by atoms with Crippen molar-refractivity contribution in [2.75, 3.05) is 6.61 Å². The van der Waals surface area contributed by atoms with Crippen LogP contribution in [0.1, 0.15) is 43.5 Å². The van der Waals surface area contributed by atoms with E-state index in [1.165, 1.54) is 12.1 Å². The summed E-state index contributed by atoms with van der Waals surface area (Å²) in [5.41, 5.74) is 0.709. The van der Waals surface area contributed by atoms with E-state index in [0.29, 0.717) is 36.0 Å². The van der Waals surface area contributed by atoms with Crippen LogP contribution in [-0.2, 0) is 0 Å². The van der Waals surface area contributed by atoms with Gasteiger partial charge in [-0.1, -0.05) is 6.92 Å². The molecule has 0 spiro atoms. The van der Waals surface area contributed by atoms with E-state index in [9.17, 15) is 19.3 Å². The second-order valence-corrected chi connectivity index (χ2v) is 6.87. The SMILES string of the molecule is CC1=C(NC(=O)c2ccc(OCC3CC3)cc2F)C(C)CC=C1[N+](=O)[O-]. The van der Waals surface area contributed by atoms with Crippen LogP contribution in [-0.4, -0.2) is 17.4 Å². The Morgan fingerprint density at radius 2 is 2.15 bits per heavy atom. The van der Waals surface area contributed by atoms with E-state index in [2.05, 4.69) is 5.32 Å². The standard InChI is InChI=1S/C19H21FN2O4/c1-11-3-8-17(22(24)25)12(2)18(11)21-19(23)15-7-6-14(9-16(15)20)26-10-13-4-5-13/h6-9,11,13H,3-5,10H2,1-2H3,(H,21,23). The van der Waals surface area contributed by atoms with Crippen molar-refractivity contribution < 1.29 is 18.8 Å². The summed E-state index contributed by atoms with van der Waals surface area (Å²) >= 11 is 0. The highest BCUT2D eigenvalue weighted by Crippen LogP contribution is 2.30. The summed E-state index contributed by atoms with van der Waals surface area (Å²) in [4.78, 5) is 23.1. The third kappa shape index (κ3) is 3.92. The van der Waals surface area contributed by atoms with Crippen molar-refractivity contribution in [2.45, 2.75) is 33.1 Å². The Hall–Kier alpha value is -2.70. The molecule has 0 heterocycles. The summed E-state index contributed by atoms with van der Waals surface area (Å²) < 4.78 is 19.8. The van der Waals surface area contributed by atoms with Crippen molar-refractivity contribution in [1.82, 2.24) is 5.32 Å². The van der Waals surface area contributed by atoms with Crippen LogP contribution in [0.15, 0.2) is 41.2 Å². The van der Waals surface area contributed by atoms with Crippen LogP contribution in [0.25, 0.3) is 0 Å². The summed E-state index contributed by atoms with van der Waals surface area (Å²) in [6.07, 6.45) is 4.26. The quantitative estimate of drug-likeness (QED) is 0.618. The minimum atomic E-state index is -0.678. The van der Waals surface area contributed by atoms with Gasteiger partial charge in [-0.15, -0.1) is 0 Å². The maximum Gasteiger partial charge on any atom is 0.270 e. The predicted molar refractivity (Wildman–Crippen MR) is 93.6 cm³/mol. The smallest absolute Gasteiger partial charge is 0.270 e. The first-order chi connectivity index (χ1) is 12.4. The van der Waals surface area contributed by atoms with Crippen molar-refractivity contribution in [3.05, 3.63) is 62.7 Å².